The van der Waals surface area contributed by atoms with Crippen LogP contribution in [-0.2, 0) is 6.42 Å². The van der Waals surface area contributed by atoms with Gasteiger partial charge < -0.3 is 5.32 Å². The quantitative estimate of drug-likeness (QED) is 0.574. The van der Waals surface area contributed by atoms with Crippen molar-refractivity contribution >= 4 is 23.5 Å². The van der Waals surface area contributed by atoms with Crippen molar-refractivity contribution in [1.82, 2.24) is 4.72 Å². The molecule has 0 aliphatic carbocycles. The number of rotatable bonds is 7. The lowest BCUT2D eigenvalue weighted by atomic mass is 10.1. The minimum Gasteiger partial charge on any atom is -0.322 e. The van der Waals surface area contributed by atoms with Crippen LogP contribution < -0.4 is 10.0 Å². The van der Waals surface area contributed by atoms with Crippen LogP contribution in [0, 0.1) is 11.6 Å². The molecular weight excluding hydrogens is 330 g/mol. The Morgan fingerprint density at radius 2 is 1.71 bits per heavy atom. The summed E-state index contributed by atoms with van der Waals surface area (Å²) in [6.45, 7) is 5.11. The Morgan fingerprint density at radius 1 is 1.08 bits per heavy atom. The number of anilines is 1. The van der Waals surface area contributed by atoms with E-state index in [2.05, 4.69) is 23.9 Å². The van der Waals surface area contributed by atoms with Crippen molar-refractivity contribution in [1.29, 1.82) is 0 Å². The molecule has 0 aliphatic heterocycles. The maximum Gasteiger partial charge on any atom is 0.255 e. The normalized spacial score (nSPS) is 10.9. The molecule has 2 N–H and O–H groups in total. The molecule has 1 amide bonds. The summed E-state index contributed by atoms with van der Waals surface area (Å²) >= 11 is 1.69. The van der Waals surface area contributed by atoms with Crippen LogP contribution in [0.5, 0.6) is 0 Å². The lowest BCUT2D eigenvalue weighted by Crippen LogP contribution is -2.13. The third-order valence-electron chi connectivity index (χ3n) is 3.17. The molecule has 0 atom stereocenters. The summed E-state index contributed by atoms with van der Waals surface area (Å²) in [6, 6.07) is 10.1. The third-order valence-corrected chi connectivity index (χ3v) is 4.01. The summed E-state index contributed by atoms with van der Waals surface area (Å²) in [5.41, 5.74) is 1.67. The third kappa shape index (κ3) is 5.94. The molecule has 0 unspecified atom stereocenters. The number of carbonyl (C=O) groups is 1. The zero-order valence-corrected chi connectivity index (χ0v) is 14.4. The van der Waals surface area contributed by atoms with Crippen molar-refractivity contribution in [3.63, 3.8) is 0 Å². The van der Waals surface area contributed by atoms with Crippen LogP contribution >= 0.6 is 11.9 Å². The van der Waals surface area contributed by atoms with E-state index in [1.54, 1.807) is 24.1 Å². The zero-order chi connectivity index (χ0) is 17.5. The van der Waals surface area contributed by atoms with Crippen molar-refractivity contribution in [2.24, 2.45) is 0 Å². The molecule has 0 bridgehead atoms. The van der Waals surface area contributed by atoms with Gasteiger partial charge in [0.25, 0.3) is 5.91 Å². The van der Waals surface area contributed by atoms with Crippen LogP contribution in [0.4, 0.5) is 14.5 Å². The van der Waals surface area contributed by atoms with Gasteiger partial charge >= 0.3 is 0 Å². The molecule has 2 aromatic carbocycles. The van der Waals surface area contributed by atoms with Gasteiger partial charge in [-0.2, -0.15) is 0 Å². The molecule has 0 fully saturated rings. The smallest absolute Gasteiger partial charge is 0.255 e. The van der Waals surface area contributed by atoms with Gasteiger partial charge in [0.05, 0.1) is 0 Å². The second-order valence-electron chi connectivity index (χ2n) is 5.62. The summed E-state index contributed by atoms with van der Waals surface area (Å²) in [7, 11) is 0. The highest BCUT2D eigenvalue weighted by molar-refractivity contribution is 7.97. The van der Waals surface area contributed by atoms with E-state index >= 15 is 0 Å². The first-order valence-electron chi connectivity index (χ1n) is 7.69. The van der Waals surface area contributed by atoms with E-state index in [1.807, 2.05) is 12.1 Å². The fraction of sp³-hybridized carbons (Fsp3) is 0.278. The number of amides is 1. The van der Waals surface area contributed by atoms with Crippen molar-refractivity contribution in [2.75, 3.05) is 11.9 Å². The second-order valence-corrected chi connectivity index (χ2v) is 7.09. The second kappa shape index (κ2) is 8.80. The molecule has 3 nitrogen and oxygen atoms in total. The van der Waals surface area contributed by atoms with Gasteiger partial charge in [0.2, 0.25) is 0 Å². The van der Waals surface area contributed by atoms with Crippen LogP contribution in [0.2, 0.25) is 0 Å². The highest BCUT2D eigenvalue weighted by Gasteiger charge is 2.09. The molecule has 0 spiro atoms. The first-order chi connectivity index (χ1) is 11.4. The maximum absolute atomic E-state index is 13.1. The Labute approximate surface area is 145 Å². The summed E-state index contributed by atoms with van der Waals surface area (Å²) < 4.78 is 29.6. The number of nitrogens with one attached hydrogen (secondary N) is 2. The van der Waals surface area contributed by atoms with Gasteiger partial charge in [-0.3, -0.25) is 9.52 Å². The number of benzene rings is 2. The Kier molecular flexibility index (Phi) is 6.75. The summed E-state index contributed by atoms with van der Waals surface area (Å²) in [5.74, 6) is -2.10. The number of hydrogen-bond acceptors (Lipinski definition) is 3. The fourth-order valence-corrected chi connectivity index (χ4v) is 2.62. The van der Waals surface area contributed by atoms with Gasteiger partial charge in [-0.15, -0.1) is 0 Å². The number of carbonyl (C=O) groups excluding carboxylic acids is 1. The van der Waals surface area contributed by atoms with E-state index in [0.29, 0.717) is 10.9 Å². The van der Waals surface area contributed by atoms with Crippen LogP contribution in [0.25, 0.3) is 0 Å². The number of hydrogen-bond donors (Lipinski definition) is 2. The maximum atomic E-state index is 13.1. The summed E-state index contributed by atoms with van der Waals surface area (Å²) in [5, 5.41) is 3.17. The topological polar surface area (TPSA) is 41.1 Å². The molecule has 6 heteroatoms. The van der Waals surface area contributed by atoms with E-state index in [0.717, 1.165) is 36.7 Å². The molecule has 2 aromatic rings. The molecule has 0 aromatic heterocycles. The van der Waals surface area contributed by atoms with E-state index in [9.17, 15) is 13.6 Å². The van der Waals surface area contributed by atoms with Gasteiger partial charge in [0.1, 0.15) is 11.6 Å². The first-order valence-corrected chi connectivity index (χ1v) is 8.57. The lowest BCUT2D eigenvalue weighted by Gasteiger charge is -2.08. The van der Waals surface area contributed by atoms with E-state index in [4.69, 9.17) is 0 Å². The van der Waals surface area contributed by atoms with Crippen molar-refractivity contribution < 1.29 is 13.6 Å². The van der Waals surface area contributed by atoms with Crippen molar-refractivity contribution in [2.45, 2.75) is 25.5 Å². The van der Waals surface area contributed by atoms with Gasteiger partial charge in [0.15, 0.2) is 0 Å². The Bertz CT molecular complexity index is 670. The predicted molar refractivity (Wildman–Crippen MR) is 95.2 cm³/mol. The average molecular weight is 350 g/mol. The molecule has 0 saturated carbocycles. The molecule has 128 valence electrons. The lowest BCUT2D eigenvalue weighted by molar-refractivity contribution is 0.102. The van der Waals surface area contributed by atoms with E-state index in [1.165, 1.54) is 0 Å². The largest absolute Gasteiger partial charge is 0.322 e. The van der Waals surface area contributed by atoms with E-state index < -0.39 is 17.5 Å². The SMILES string of the molecule is CC(C)SNCCc1ccc(NC(=O)c2cc(F)cc(F)c2)cc1. The predicted octanol–water partition coefficient (Wildman–Crippen LogP) is 4.41. The van der Waals surface area contributed by atoms with E-state index in [-0.39, 0.29) is 5.56 Å². The summed E-state index contributed by atoms with van der Waals surface area (Å²) in [6.07, 6.45) is 0.878. The molecule has 0 heterocycles. The molecule has 24 heavy (non-hydrogen) atoms. The summed E-state index contributed by atoms with van der Waals surface area (Å²) in [4.78, 5) is 12.0. The van der Waals surface area contributed by atoms with Crippen LogP contribution in [0.3, 0.4) is 0 Å². The number of halogens is 2. The Balaban J connectivity index is 1.90. The monoisotopic (exact) mass is 350 g/mol. The zero-order valence-electron chi connectivity index (χ0n) is 13.6. The minimum atomic E-state index is -0.776. The Morgan fingerprint density at radius 3 is 2.29 bits per heavy atom. The molecule has 0 aliphatic rings. The minimum absolute atomic E-state index is 0.0495. The molecule has 0 radical (unpaired) electrons. The first kappa shape index (κ1) is 18.4. The standard InChI is InChI=1S/C18H20F2N2OS/c1-12(2)24-21-8-7-13-3-5-17(6-4-13)22-18(23)14-9-15(19)11-16(20)10-14/h3-6,9-12,21H,7-8H2,1-2H3,(H,22,23). The average Bonchev–Trinajstić information content (AvgIpc) is 2.52. The molecule has 0 saturated heterocycles. The van der Waals surface area contributed by atoms with Gasteiger partial charge in [-0.25, -0.2) is 8.78 Å². The van der Waals surface area contributed by atoms with Crippen molar-refractivity contribution in [3.8, 4) is 0 Å². The van der Waals surface area contributed by atoms with Crippen LogP contribution in [0.1, 0.15) is 29.8 Å². The highest BCUT2D eigenvalue weighted by atomic mass is 32.2. The fourth-order valence-electron chi connectivity index (χ4n) is 2.06. The van der Waals surface area contributed by atoms with Gasteiger partial charge in [-0.05, 0) is 36.2 Å². The molecule has 2 rings (SSSR count). The van der Waals surface area contributed by atoms with Crippen LogP contribution in [0.15, 0.2) is 42.5 Å². The van der Waals surface area contributed by atoms with Gasteiger partial charge in [0, 0.05) is 29.1 Å². The molecular formula is C18H20F2N2OS. The van der Waals surface area contributed by atoms with Crippen molar-refractivity contribution in [3.05, 3.63) is 65.2 Å². The Hall–Kier alpha value is -1.92. The van der Waals surface area contributed by atoms with Crippen LogP contribution in [-0.4, -0.2) is 17.7 Å². The highest BCUT2D eigenvalue weighted by Crippen LogP contribution is 2.14. The van der Waals surface area contributed by atoms with Gasteiger partial charge in [-0.1, -0.05) is 37.9 Å².